The predicted molar refractivity (Wildman–Crippen MR) is 132 cm³/mol. The number of aryl methyl sites for hydroxylation is 2. The van der Waals surface area contributed by atoms with Crippen molar-refractivity contribution in [1.82, 2.24) is 19.9 Å². The maximum Gasteiger partial charge on any atom is 0.230 e. The molecule has 0 amide bonds. The van der Waals surface area contributed by atoms with E-state index in [-0.39, 0.29) is 23.4 Å². The highest BCUT2D eigenvalue weighted by Crippen LogP contribution is 2.29. The van der Waals surface area contributed by atoms with E-state index in [1.165, 1.54) is 0 Å². The maximum atomic E-state index is 14.9. The number of H-pyrrole nitrogens is 1. The van der Waals surface area contributed by atoms with E-state index in [1.807, 2.05) is 6.92 Å². The number of halogens is 2. The van der Waals surface area contributed by atoms with Crippen LogP contribution in [0.15, 0.2) is 44.6 Å². The summed E-state index contributed by atoms with van der Waals surface area (Å²) in [6.45, 7) is 10.3. The molecule has 0 spiro atoms. The average Bonchev–Trinajstić information content (AvgIpc) is 3.48. The van der Waals surface area contributed by atoms with Gasteiger partial charge in [0.2, 0.25) is 5.88 Å². The molecule has 0 bridgehead atoms. The molecule has 3 heterocycles. The average molecular weight is 486 g/mol. The van der Waals surface area contributed by atoms with Gasteiger partial charge in [-0.2, -0.15) is 0 Å². The van der Waals surface area contributed by atoms with E-state index in [4.69, 9.17) is 9.26 Å². The van der Waals surface area contributed by atoms with E-state index in [9.17, 15) is 8.78 Å². The highest BCUT2D eigenvalue weighted by molar-refractivity contribution is 5.94. The van der Waals surface area contributed by atoms with Crippen LogP contribution >= 0.6 is 0 Å². The molecule has 1 saturated heterocycles. The van der Waals surface area contributed by atoms with E-state index in [2.05, 4.69) is 49.0 Å². The lowest BCUT2D eigenvalue weighted by Gasteiger charge is -2.33. The second-order valence-electron chi connectivity index (χ2n) is 8.34. The SMILES string of the molecule is C=N/C(=C\C(=N/COc1cc(F)c2[nH]c(C)cc2c1F)N1CCN(C)CC1)Nc1cc(CC)no1. The monoisotopic (exact) mass is 485 g/mol. The molecule has 1 aromatic carbocycles. The van der Waals surface area contributed by atoms with Gasteiger partial charge in [0, 0.05) is 55.5 Å². The Kier molecular flexibility index (Phi) is 7.45. The van der Waals surface area contributed by atoms with Crippen LogP contribution in [0.25, 0.3) is 10.9 Å². The number of aromatic amines is 1. The molecule has 35 heavy (non-hydrogen) atoms. The van der Waals surface area contributed by atoms with Gasteiger partial charge >= 0.3 is 0 Å². The summed E-state index contributed by atoms with van der Waals surface area (Å²) in [7, 11) is 2.05. The van der Waals surface area contributed by atoms with Gasteiger partial charge in [-0.15, -0.1) is 0 Å². The molecule has 186 valence electrons. The van der Waals surface area contributed by atoms with Crippen LogP contribution < -0.4 is 10.1 Å². The minimum absolute atomic E-state index is 0.114. The van der Waals surface area contributed by atoms with Crippen LogP contribution in [0.3, 0.4) is 0 Å². The number of anilines is 1. The second kappa shape index (κ2) is 10.7. The Hall–Kier alpha value is -3.73. The Morgan fingerprint density at radius 2 is 2.06 bits per heavy atom. The molecule has 1 aliphatic rings. The van der Waals surface area contributed by atoms with Gasteiger partial charge in [-0.25, -0.2) is 18.8 Å². The summed E-state index contributed by atoms with van der Waals surface area (Å²) >= 11 is 0. The van der Waals surface area contributed by atoms with Crippen LogP contribution in [-0.2, 0) is 6.42 Å². The lowest BCUT2D eigenvalue weighted by Crippen LogP contribution is -2.47. The number of piperazine rings is 1. The minimum atomic E-state index is -0.634. The summed E-state index contributed by atoms with van der Waals surface area (Å²) in [4.78, 5) is 15.7. The Labute approximate surface area is 202 Å². The Morgan fingerprint density at radius 3 is 2.74 bits per heavy atom. The third-order valence-electron chi connectivity index (χ3n) is 5.78. The van der Waals surface area contributed by atoms with Crippen molar-refractivity contribution in [3.05, 3.63) is 53.1 Å². The minimum Gasteiger partial charge on any atom is -0.468 e. The molecule has 0 unspecified atom stereocenters. The fraction of sp³-hybridized carbons (Fsp3) is 0.375. The van der Waals surface area contributed by atoms with Crippen molar-refractivity contribution in [2.24, 2.45) is 9.98 Å². The second-order valence-corrected chi connectivity index (χ2v) is 8.34. The summed E-state index contributed by atoms with van der Waals surface area (Å²) < 4.78 is 40.1. The van der Waals surface area contributed by atoms with Crippen LogP contribution in [0.5, 0.6) is 5.75 Å². The van der Waals surface area contributed by atoms with Crippen molar-refractivity contribution in [3.63, 3.8) is 0 Å². The summed E-state index contributed by atoms with van der Waals surface area (Å²) in [5.41, 5.74) is 1.58. The van der Waals surface area contributed by atoms with Gasteiger partial charge in [-0.05, 0) is 33.2 Å². The number of nitrogens with one attached hydrogen (secondary N) is 2. The van der Waals surface area contributed by atoms with Gasteiger partial charge in [-0.1, -0.05) is 12.1 Å². The van der Waals surface area contributed by atoms with Crippen LogP contribution in [0.2, 0.25) is 0 Å². The highest BCUT2D eigenvalue weighted by atomic mass is 19.1. The molecule has 4 rings (SSSR count). The van der Waals surface area contributed by atoms with Crippen molar-refractivity contribution < 1.29 is 18.0 Å². The van der Waals surface area contributed by atoms with Crippen molar-refractivity contribution in [3.8, 4) is 5.75 Å². The van der Waals surface area contributed by atoms with Crippen LogP contribution in [0, 0.1) is 18.6 Å². The number of rotatable bonds is 8. The number of aromatic nitrogens is 2. The van der Waals surface area contributed by atoms with Gasteiger partial charge in [0.05, 0.1) is 11.2 Å². The molecule has 2 aromatic heterocycles. The van der Waals surface area contributed by atoms with Crippen LogP contribution in [-0.4, -0.2) is 72.5 Å². The quantitative estimate of drug-likeness (QED) is 0.371. The first-order chi connectivity index (χ1) is 16.9. The van der Waals surface area contributed by atoms with Crippen LogP contribution in [0.1, 0.15) is 18.3 Å². The zero-order valence-electron chi connectivity index (χ0n) is 20.1. The lowest BCUT2D eigenvalue weighted by molar-refractivity contribution is 0.214. The van der Waals surface area contributed by atoms with Crippen molar-refractivity contribution in [2.75, 3.05) is 45.3 Å². The third-order valence-corrected chi connectivity index (χ3v) is 5.78. The van der Waals surface area contributed by atoms with Gasteiger partial charge in [0.25, 0.3) is 0 Å². The zero-order chi connectivity index (χ0) is 24.9. The molecule has 11 heteroatoms. The van der Waals surface area contributed by atoms with E-state index in [1.54, 1.807) is 25.1 Å². The van der Waals surface area contributed by atoms with E-state index in [0.717, 1.165) is 44.4 Å². The van der Waals surface area contributed by atoms with Gasteiger partial charge in [-0.3, -0.25) is 0 Å². The first-order valence-corrected chi connectivity index (χ1v) is 11.4. The van der Waals surface area contributed by atoms with Crippen molar-refractivity contribution in [2.45, 2.75) is 20.3 Å². The fourth-order valence-corrected chi connectivity index (χ4v) is 3.79. The molecule has 0 radical (unpaired) electrons. The fourth-order valence-electron chi connectivity index (χ4n) is 3.79. The summed E-state index contributed by atoms with van der Waals surface area (Å²) in [5, 5.41) is 7.14. The summed E-state index contributed by atoms with van der Waals surface area (Å²) in [5.74, 6) is -0.0144. The number of amidine groups is 1. The predicted octanol–water partition coefficient (Wildman–Crippen LogP) is 3.94. The first-order valence-electron chi connectivity index (χ1n) is 11.4. The number of fused-ring (bicyclic) bond motifs is 1. The molecule has 3 aromatic rings. The molecular formula is C24H29F2N7O2. The molecule has 1 aliphatic heterocycles. The van der Waals surface area contributed by atoms with Gasteiger partial charge in [0.1, 0.15) is 11.7 Å². The number of hydrogen-bond donors (Lipinski definition) is 2. The smallest absolute Gasteiger partial charge is 0.230 e. The summed E-state index contributed by atoms with van der Waals surface area (Å²) in [6.07, 6.45) is 2.45. The van der Waals surface area contributed by atoms with Gasteiger partial charge in [0.15, 0.2) is 24.1 Å². The van der Waals surface area contributed by atoms with Gasteiger partial charge < -0.3 is 29.4 Å². The number of likely N-dealkylation sites (N-methyl/N-ethyl adjacent to an activating group) is 1. The number of hydrogen-bond acceptors (Lipinski definition) is 7. The number of aliphatic imine (C=N–C) groups is 2. The summed E-state index contributed by atoms with van der Waals surface area (Å²) in [6, 6.07) is 4.36. The number of ether oxygens (including phenoxy) is 1. The normalized spacial score (nSPS) is 15.6. The van der Waals surface area contributed by atoms with E-state index >= 15 is 0 Å². The van der Waals surface area contributed by atoms with Crippen molar-refractivity contribution in [1.29, 1.82) is 0 Å². The standard InChI is InChI=1S/C24H29F2N7O2/c1-5-16-11-22(35-31-16)30-20(27-3)13-21(33-8-6-32(4)7-9-33)28-14-34-19-12-18(25)24-17(23(19)26)10-15(2)29-24/h10-13,29-30H,3,5-9,14H2,1-2,4H3/b20-13+,28-21+. The molecule has 0 atom stereocenters. The maximum absolute atomic E-state index is 14.9. The molecule has 0 aliphatic carbocycles. The third kappa shape index (κ3) is 5.68. The van der Waals surface area contributed by atoms with E-state index < -0.39 is 11.6 Å². The Bertz CT molecular complexity index is 1260. The molecule has 9 nitrogen and oxygen atoms in total. The zero-order valence-corrected chi connectivity index (χ0v) is 20.1. The topological polar surface area (TPSA) is 94.3 Å². The van der Waals surface area contributed by atoms with Crippen molar-refractivity contribution >= 4 is 29.3 Å². The Morgan fingerprint density at radius 1 is 1.29 bits per heavy atom. The molecule has 1 fully saturated rings. The van der Waals surface area contributed by atoms with E-state index in [0.29, 0.717) is 23.2 Å². The number of benzene rings is 1. The highest BCUT2D eigenvalue weighted by Gasteiger charge is 2.19. The molecule has 2 N–H and O–H groups in total. The van der Waals surface area contributed by atoms with Crippen LogP contribution in [0.4, 0.5) is 14.7 Å². The Balaban J connectivity index is 1.57. The molecule has 0 saturated carbocycles. The number of nitrogens with zero attached hydrogens (tertiary/aromatic N) is 5. The first kappa shape index (κ1) is 24.4. The lowest BCUT2D eigenvalue weighted by atomic mass is 10.2. The largest absolute Gasteiger partial charge is 0.468 e. The molecular weight excluding hydrogens is 456 g/mol.